The summed E-state index contributed by atoms with van der Waals surface area (Å²) in [6.07, 6.45) is 14.7. The zero-order valence-corrected chi connectivity index (χ0v) is 10.6. The van der Waals surface area contributed by atoms with Crippen LogP contribution < -0.4 is 0 Å². The first-order valence-corrected chi connectivity index (χ1v) is 10.8. The van der Waals surface area contributed by atoms with E-state index in [1.807, 2.05) is 0 Å². The number of hydrogen-bond acceptors (Lipinski definition) is 0. The van der Waals surface area contributed by atoms with Crippen molar-refractivity contribution in [3.8, 4) is 24.7 Å². The molecule has 0 aliphatic carbocycles. The number of terminal acetylenes is 2. The fraction of sp³-hybridized carbons (Fsp3) is 0.600. The van der Waals surface area contributed by atoms with Gasteiger partial charge in [-0.1, -0.05) is 0 Å². The van der Waals surface area contributed by atoms with Gasteiger partial charge >= 0.3 is 87.3 Å². The van der Waals surface area contributed by atoms with E-state index in [1.165, 1.54) is 23.5 Å². The molecule has 0 aliphatic heterocycles. The van der Waals surface area contributed by atoms with E-state index in [2.05, 4.69) is 11.8 Å². The average Bonchev–Trinajstić information content (AvgIpc) is 2.10. The molecule has 0 aromatic carbocycles. The molecule has 0 fully saturated rings. The van der Waals surface area contributed by atoms with Crippen molar-refractivity contribution in [1.29, 1.82) is 0 Å². The fourth-order valence-corrected chi connectivity index (χ4v) is 7.32. The second-order valence-electron chi connectivity index (χ2n) is 2.26. The van der Waals surface area contributed by atoms with Gasteiger partial charge in [0.2, 0.25) is 0 Å². The summed E-state index contributed by atoms with van der Waals surface area (Å²) in [6.45, 7) is 0. The molecule has 0 atom stereocenters. The third-order valence-electron chi connectivity index (χ3n) is 1.18. The first-order chi connectivity index (χ1) is 5.91. The van der Waals surface area contributed by atoms with Gasteiger partial charge in [-0.05, 0) is 0 Å². The van der Waals surface area contributed by atoms with Gasteiger partial charge in [-0.3, -0.25) is 0 Å². The molecular weight excluding hydrogens is 278 g/mol. The Morgan fingerprint density at radius 3 is 1.58 bits per heavy atom. The molecule has 0 aromatic rings. The van der Waals surface area contributed by atoms with Crippen LogP contribution in [0.2, 0.25) is 10.6 Å². The number of unbranched alkanes of at least 4 members (excludes halogenated alkanes) is 2. The molecule has 0 spiro atoms. The van der Waals surface area contributed by atoms with Crippen LogP contribution in [0.15, 0.2) is 0 Å². The standard InChI is InChI=1S/C10H14Se2/c1-3-5-7-9-11-12-10-8-6-4-2/h1-2H,5-10H2. The average molecular weight is 292 g/mol. The maximum atomic E-state index is 5.15. The molecule has 0 rings (SSSR count). The van der Waals surface area contributed by atoms with Crippen LogP contribution in [0.5, 0.6) is 0 Å². The third-order valence-corrected chi connectivity index (χ3v) is 8.89. The Labute approximate surface area is 87.1 Å². The zero-order chi connectivity index (χ0) is 9.07. The molecule has 0 amide bonds. The van der Waals surface area contributed by atoms with E-state index in [0.717, 1.165) is 39.1 Å². The normalized spacial score (nSPS) is 8.83. The fourth-order valence-electron chi connectivity index (χ4n) is 0.584. The molecule has 0 saturated heterocycles. The zero-order valence-electron chi connectivity index (χ0n) is 7.21. The summed E-state index contributed by atoms with van der Waals surface area (Å²) in [4.78, 5) is 0. The summed E-state index contributed by atoms with van der Waals surface area (Å²) in [7, 11) is 0. The van der Waals surface area contributed by atoms with Gasteiger partial charge in [0.05, 0.1) is 0 Å². The van der Waals surface area contributed by atoms with Gasteiger partial charge in [0.1, 0.15) is 0 Å². The molecule has 0 aromatic heterocycles. The van der Waals surface area contributed by atoms with E-state index < -0.39 is 0 Å². The van der Waals surface area contributed by atoms with Gasteiger partial charge in [-0.25, -0.2) is 0 Å². The van der Waals surface area contributed by atoms with E-state index in [0.29, 0.717) is 0 Å². The van der Waals surface area contributed by atoms with Crippen LogP contribution in [0.4, 0.5) is 0 Å². The van der Waals surface area contributed by atoms with Crippen LogP contribution in [-0.2, 0) is 0 Å². The van der Waals surface area contributed by atoms with Crippen molar-refractivity contribution >= 4 is 26.3 Å². The van der Waals surface area contributed by atoms with Crippen molar-refractivity contribution in [3.63, 3.8) is 0 Å². The Kier molecular flexibility index (Phi) is 11.3. The van der Waals surface area contributed by atoms with Crippen molar-refractivity contribution in [2.24, 2.45) is 0 Å². The molecular formula is C10H14Se2. The van der Waals surface area contributed by atoms with Crippen LogP contribution in [0.3, 0.4) is 0 Å². The molecule has 0 radical (unpaired) electrons. The van der Waals surface area contributed by atoms with E-state index in [4.69, 9.17) is 12.8 Å². The minimum atomic E-state index is 0.873. The van der Waals surface area contributed by atoms with Crippen molar-refractivity contribution in [3.05, 3.63) is 0 Å². The summed E-state index contributed by atoms with van der Waals surface area (Å²) < 4.78 is 0. The van der Waals surface area contributed by atoms with Crippen LogP contribution in [0.1, 0.15) is 25.7 Å². The van der Waals surface area contributed by atoms with Gasteiger partial charge in [0, 0.05) is 0 Å². The minimum absolute atomic E-state index is 0.873. The summed E-state index contributed by atoms with van der Waals surface area (Å²) >= 11 is 1.75. The summed E-state index contributed by atoms with van der Waals surface area (Å²) in [5, 5.41) is 2.74. The van der Waals surface area contributed by atoms with Gasteiger partial charge in [0.25, 0.3) is 0 Å². The summed E-state index contributed by atoms with van der Waals surface area (Å²) in [5.74, 6) is 5.34. The first kappa shape index (κ1) is 12.2. The van der Waals surface area contributed by atoms with Crippen LogP contribution in [-0.4, -0.2) is 26.3 Å². The Balaban J connectivity index is 2.84. The molecule has 0 unspecified atom stereocenters. The Bertz CT molecular complexity index is 142. The Hall–Kier alpha value is 0.159. The van der Waals surface area contributed by atoms with Gasteiger partial charge in [0.15, 0.2) is 0 Å². The first-order valence-electron chi connectivity index (χ1n) is 4.03. The molecule has 2 heteroatoms. The molecule has 66 valence electrons. The van der Waals surface area contributed by atoms with Crippen LogP contribution in [0, 0.1) is 24.7 Å². The van der Waals surface area contributed by atoms with Crippen molar-refractivity contribution < 1.29 is 0 Å². The topological polar surface area (TPSA) is 0 Å². The quantitative estimate of drug-likeness (QED) is 0.382. The van der Waals surface area contributed by atoms with Crippen LogP contribution in [0.25, 0.3) is 0 Å². The summed E-state index contributed by atoms with van der Waals surface area (Å²) in [5.41, 5.74) is 0. The monoisotopic (exact) mass is 294 g/mol. The van der Waals surface area contributed by atoms with Gasteiger partial charge < -0.3 is 0 Å². The van der Waals surface area contributed by atoms with E-state index in [1.54, 1.807) is 0 Å². The van der Waals surface area contributed by atoms with Gasteiger partial charge in [-0.15, -0.1) is 0 Å². The Morgan fingerprint density at radius 1 is 0.833 bits per heavy atom. The third kappa shape index (κ3) is 10.2. The van der Waals surface area contributed by atoms with E-state index in [9.17, 15) is 0 Å². The number of rotatable bonds is 7. The van der Waals surface area contributed by atoms with Crippen molar-refractivity contribution in [2.75, 3.05) is 0 Å². The SMILES string of the molecule is C#CCCC[Se][Se]CCCC#C. The van der Waals surface area contributed by atoms with Crippen molar-refractivity contribution in [2.45, 2.75) is 36.3 Å². The Morgan fingerprint density at radius 2 is 1.25 bits per heavy atom. The molecule has 0 N–H and O–H groups in total. The molecule has 0 bridgehead atoms. The van der Waals surface area contributed by atoms with Gasteiger partial charge in [-0.2, -0.15) is 0 Å². The summed E-state index contributed by atoms with van der Waals surface area (Å²) in [6, 6.07) is 0. The molecule has 0 aliphatic rings. The predicted octanol–water partition coefficient (Wildman–Crippen LogP) is 1.97. The number of hydrogen-bond donors (Lipinski definition) is 0. The molecule has 0 saturated carbocycles. The van der Waals surface area contributed by atoms with E-state index >= 15 is 0 Å². The maximum absolute atomic E-state index is 5.15. The molecule has 0 nitrogen and oxygen atoms in total. The van der Waals surface area contributed by atoms with E-state index in [-0.39, 0.29) is 0 Å². The molecule has 0 heterocycles. The second-order valence-corrected chi connectivity index (χ2v) is 10.1. The molecule has 12 heavy (non-hydrogen) atoms. The second kappa shape index (κ2) is 11.2. The van der Waals surface area contributed by atoms with Crippen molar-refractivity contribution in [1.82, 2.24) is 0 Å². The predicted molar refractivity (Wildman–Crippen MR) is 57.3 cm³/mol. The van der Waals surface area contributed by atoms with Crippen LogP contribution >= 0.6 is 0 Å².